The van der Waals surface area contributed by atoms with Gasteiger partial charge in [0, 0.05) is 61.2 Å². The number of aromatic nitrogens is 2. The number of nitrogens with one attached hydrogen (secondary N) is 2. The van der Waals surface area contributed by atoms with Gasteiger partial charge in [0.2, 0.25) is 11.9 Å². The van der Waals surface area contributed by atoms with Crippen molar-refractivity contribution >= 4 is 39.8 Å². The molecule has 200 valence electrons. The lowest BCUT2D eigenvalue weighted by Gasteiger charge is -2.35. The van der Waals surface area contributed by atoms with E-state index in [9.17, 15) is 9.18 Å². The summed E-state index contributed by atoms with van der Waals surface area (Å²) in [5.74, 6) is -1.25. The summed E-state index contributed by atoms with van der Waals surface area (Å²) in [4.78, 5) is 24.6. The minimum Gasteiger partial charge on any atom is -0.369 e. The van der Waals surface area contributed by atoms with Crippen molar-refractivity contribution in [3.05, 3.63) is 85.1 Å². The van der Waals surface area contributed by atoms with Gasteiger partial charge in [-0.2, -0.15) is 0 Å². The second-order valence-electron chi connectivity index (χ2n) is 9.13. The van der Waals surface area contributed by atoms with Gasteiger partial charge in [0.1, 0.15) is 18.3 Å². The Labute approximate surface area is 224 Å². The van der Waals surface area contributed by atoms with Crippen molar-refractivity contribution in [2.24, 2.45) is 0 Å². The van der Waals surface area contributed by atoms with Crippen molar-refractivity contribution in [1.29, 1.82) is 0 Å². The lowest BCUT2D eigenvalue weighted by molar-refractivity contribution is -0.111. The average Bonchev–Trinajstić information content (AvgIpc) is 2.94. The number of fused-ring (bicyclic) bond motifs is 1. The second-order valence-corrected chi connectivity index (χ2v) is 9.13. The van der Waals surface area contributed by atoms with Crippen molar-refractivity contribution in [2.45, 2.75) is 0 Å². The fraction of sp³-hybridized carbons (Fsp3) is 0.207. The molecule has 39 heavy (non-hydrogen) atoms. The number of rotatable bonds is 8. The lowest BCUT2D eigenvalue weighted by atomic mass is 10.0. The molecule has 2 heterocycles. The smallest absolute Gasteiger partial charge is 0.247 e. The predicted molar refractivity (Wildman–Crippen MR) is 148 cm³/mol. The van der Waals surface area contributed by atoms with Crippen LogP contribution in [0.25, 0.3) is 22.0 Å². The van der Waals surface area contributed by atoms with Crippen LogP contribution in [0.5, 0.6) is 0 Å². The maximum atomic E-state index is 15.1. The van der Waals surface area contributed by atoms with Gasteiger partial charge in [-0.05, 0) is 54.1 Å². The van der Waals surface area contributed by atoms with Crippen molar-refractivity contribution in [3.63, 3.8) is 0 Å². The maximum absolute atomic E-state index is 15.1. The Hall–Kier alpha value is -4.44. The van der Waals surface area contributed by atoms with E-state index >= 15 is 8.78 Å². The number of amides is 1. The third-order valence-corrected chi connectivity index (χ3v) is 6.64. The van der Waals surface area contributed by atoms with Crippen molar-refractivity contribution in [3.8, 4) is 11.1 Å². The summed E-state index contributed by atoms with van der Waals surface area (Å²) >= 11 is 0. The number of halogens is 3. The third kappa shape index (κ3) is 5.85. The van der Waals surface area contributed by atoms with E-state index in [1.54, 1.807) is 42.6 Å². The molecule has 1 aliphatic heterocycles. The Balaban J connectivity index is 1.41. The van der Waals surface area contributed by atoms with Crippen LogP contribution in [0.4, 0.5) is 36.2 Å². The minimum absolute atomic E-state index is 0.108. The highest BCUT2D eigenvalue weighted by Gasteiger charge is 2.19. The van der Waals surface area contributed by atoms with E-state index in [-0.39, 0.29) is 29.8 Å². The minimum atomic E-state index is -0.499. The first-order valence-corrected chi connectivity index (χ1v) is 12.5. The second kappa shape index (κ2) is 11.5. The van der Waals surface area contributed by atoms with Crippen LogP contribution >= 0.6 is 0 Å². The normalized spacial score (nSPS) is 13.9. The molecule has 1 aliphatic rings. The molecular weight excluding hydrogens is 505 g/mol. The Morgan fingerprint density at radius 3 is 2.59 bits per heavy atom. The van der Waals surface area contributed by atoms with Crippen molar-refractivity contribution in [1.82, 2.24) is 14.9 Å². The van der Waals surface area contributed by atoms with E-state index in [1.165, 1.54) is 12.1 Å². The number of nitrogens with zero attached hydrogens (tertiary/aromatic N) is 4. The molecule has 0 radical (unpaired) electrons. The fourth-order valence-electron chi connectivity index (χ4n) is 4.63. The summed E-state index contributed by atoms with van der Waals surface area (Å²) < 4.78 is 42.8. The largest absolute Gasteiger partial charge is 0.369 e. The molecule has 2 N–H and O–H groups in total. The molecule has 0 saturated carbocycles. The number of benzene rings is 3. The molecule has 0 bridgehead atoms. The maximum Gasteiger partial charge on any atom is 0.247 e. The molecule has 4 aromatic rings. The Morgan fingerprint density at radius 1 is 1.03 bits per heavy atom. The molecule has 0 atom stereocenters. The first-order valence-electron chi connectivity index (χ1n) is 12.5. The summed E-state index contributed by atoms with van der Waals surface area (Å²) in [7, 11) is 0. The van der Waals surface area contributed by atoms with E-state index in [1.807, 2.05) is 11.0 Å². The third-order valence-electron chi connectivity index (χ3n) is 6.64. The van der Waals surface area contributed by atoms with Crippen molar-refractivity contribution < 1.29 is 18.0 Å². The van der Waals surface area contributed by atoms with E-state index in [2.05, 4.69) is 32.1 Å². The molecule has 0 spiro atoms. The van der Waals surface area contributed by atoms with Crippen molar-refractivity contribution in [2.75, 3.05) is 54.9 Å². The first-order chi connectivity index (χ1) is 18.9. The highest BCUT2D eigenvalue weighted by atomic mass is 19.1. The van der Waals surface area contributed by atoms with Gasteiger partial charge < -0.3 is 15.5 Å². The van der Waals surface area contributed by atoms with E-state index in [4.69, 9.17) is 0 Å². The number of hydrogen-bond acceptors (Lipinski definition) is 6. The molecule has 10 heteroatoms. The quantitative estimate of drug-likeness (QED) is 0.291. The van der Waals surface area contributed by atoms with E-state index < -0.39 is 11.6 Å². The number of piperazine rings is 1. The molecule has 0 aliphatic carbocycles. The standard InChI is InChI=1S/C29H27F3N6O/c1-2-26(39)34-21-5-3-4-19(16-21)27-23(31)8-6-20-18-33-29(36-28(20)27)35-25-9-7-22(17-24(25)32)38-14-12-37(11-10-30)13-15-38/h2-9,16-18H,1,10-15H2,(H,34,39)(H,33,35,36). The van der Waals surface area contributed by atoms with Gasteiger partial charge in [-0.1, -0.05) is 18.7 Å². The van der Waals surface area contributed by atoms with Gasteiger partial charge in [-0.3, -0.25) is 9.69 Å². The van der Waals surface area contributed by atoms with Crippen LogP contribution in [0.15, 0.2) is 73.4 Å². The Kier molecular flexibility index (Phi) is 7.74. The molecule has 0 unspecified atom stereocenters. The summed E-state index contributed by atoms with van der Waals surface area (Å²) in [6, 6.07) is 14.5. The zero-order valence-corrected chi connectivity index (χ0v) is 21.1. The van der Waals surface area contributed by atoms with Gasteiger partial charge in [0.25, 0.3) is 0 Å². The topological polar surface area (TPSA) is 73.4 Å². The SMILES string of the molecule is C=CC(=O)Nc1cccc(-c2c(F)ccc3cnc(Nc4ccc(N5CCN(CCF)CC5)cc4F)nc23)c1. The van der Waals surface area contributed by atoms with Crippen LogP contribution in [0, 0.1) is 11.6 Å². The molecule has 3 aromatic carbocycles. The molecule has 1 aromatic heterocycles. The Bertz CT molecular complexity index is 1520. The lowest BCUT2D eigenvalue weighted by Crippen LogP contribution is -2.47. The number of anilines is 4. The summed E-state index contributed by atoms with van der Waals surface area (Å²) in [5, 5.41) is 6.17. The number of carbonyl (C=O) groups excluding carboxylic acids is 1. The van der Waals surface area contributed by atoms with Gasteiger partial charge in [-0.25, -0.2) is 23.1 Å². The summed E-state index contributed by atoms with van der Waals surface area (Å²) in [6.07, 6.45) is 2.69. The number of alkyl halides is 1. The molecule has 1 fully saturated rings. The average molecular weight is 533 g/mol. The molecule has 1 amide bonds. The van der Waals surface area contributed by atoms with Crippen LogP contribution in [0.1, 0.15) is 0 Å². The highest BCUT2D eigenvalue weighted by molar-refractivity contribution is 6.00. The van der Waals surface area contributed by atoms with Crippen LogP contribution in [-0.2, 0) is 4.79 Å². The monoisotopic (exact) mass is 532 g/mol. The fourth-order valence-corrected chi connectivity index (χ4v) is 4.63. The summed E-state index contributed by atoms with van der Waals surface area (Å²) in [6.45, 7) is 6.30. The zero-order chi connectivity index (χ0) is 27.4. The predicted octanol–water partition coefficient (Wildman–Crippen LogP) is 5.53. The van der Waals surface area contributed by atoms with Gasteiger partial charge in [-0.15, -0.1) is 0 Å². The first kappa shape index (κ1) is 26.2. The summed E-state index contributed by atoms with van der Waals surface area (Å²) in [5.41, 5.74) is 2.48. The van der Waals surface area contributed by atoms with Crippen LogP contribution in [-0.4, -0.2) is 60.2 Å². The van der Waals surface area contributed by atoms with E-state index in [0.29, 0.717) is 41.8 Å². The molecule has 5 rings (SSSR count). The van der Waals surface area contributed by atoms with Gasteiger partial charge >= 0.3 is 0 Å². The Morgan fingerprint density at radius 2 is 1.85 bits per heavy atom. The zero-order valence-electron chi connectivity index (χ0n) is 21.1. The van der Waals surface area contributed by atoms with Gasteiger partial charge in [0.05, 0.1) is 11.2 Å². The number of carbonyl (C=O) groups is 1. The molecule has 1 saturated heterocycles. The van der Waals surface area contributed by atoms with Crippen LogP contribution in [0.2, 0.25) is 0 Å². The highest BCUT2D eigenvalue weighted by Crippen LogP contribution is 2.33. The molecule has 7 nitrogen and oxygen atoms in total. The van der Waals surface area contributed by atoms with E-state index in [0.717, 1.165) is 24.9 Å². The van der Waals surface area contributed by atoms with Crippen LogP contribution < -0.4 is 15.5 Å². The van der Waals surface area contributed by atoms with Gasteiger partial charge in [0.15, 0.2) is 0 Å². The number of hydrogen-bond donors (Lipinski definition) is 2. The van der Waals surface area contributed by atoms with Crippen LogP contribution in [0.3, 0.4) is 0 Å². The molecular formula is C29H27F3N6O.